The van der Waals surface area contributed by atoms with E-state index in [-0.39, 0.29) is 6.04 Å². The zero-order valence-corrected chi connectivity index (χ0v) is 13.1. The number of hydrogen-bond acceptors (Lipinski definition) is 4. The number of hydrogen-bond donors (Lipinski definition) is 2. The van der Waals surface area contributed by atoms with Crippen molar-refractivity contribution < 1.29 is 0 Å². The molecule has 3 aromatic rings. The third kappa shape index (κ3) is 2.62. The van der Waals surface area contributed by atoms with E-state index in [1.54, 1.807) is 0 Å². The molecule has 2 heterocycles. The van der Waals surface area contributed by atoms with Gasteiger partial charge in [0.15, 0.2) is 0 Å². The molecule has 5 heteroatoms. The number of benzene rings is 2. The van der Waals surface area contributed by atoms with E-state index in [2.05, 4.69) is 21.6 Å². The maximum Gasteiger partial charge on any atom is 0.135 e. The van der Waals surface area contributed by atoms with Crippen LogP contribution in [-0.4, -0.2) is 10.7 Å². The smallest absolute Gasteiger partial charge is 0.135 e. The Kier molecular flexibility index (Phi) is 3.39. The van der Waals surface area contributed by atoms with Crippen LogP contribution in [0.5, 0.6) is 0 Å². The first-order chi connectivity index (χ1) is 11.2. The number of pyridine rings is 1. The molecule has 0 saturated carbocycles. The van der Waals surface area contributed by atoms with Gasteiger partial charge in [0.2, 0.25) is 0 Å². The molecule has 0 bridgehead atoms. The van der Waals surface area contributed by atoms with Gasteiger partial charge < -0.3 is 11.2 Å². The minimum Gasteiger partial charge on any atom is -0.399 e. The maximum absolute atomic E-state index is 6.38. The lowest BCUT2D eigenvalue weighted by Gasteiger charge is -2.13. The van der Waals surface area contributed by atoms with Crippen LogP contribution in [0.3, 0.4) is 0 Å². The molecule has 1 atom stereocenters. The third-order valence-electron chi connectivity index (χ3n) is 4.05. The van der Waals surface area contributed by atoms with Crippen LogP contribution in [0.1, 0.15) is 23.6 Å². The van der Waals surface area contributed by atoms with Crippen molar-refractivity contribution in [3.63, 3.8) is 0 Å². The minimum absolute atomic E-state index is 0.0241. The summed E-state index contributed by atoms with van der Waals surface area (Å²) in [5, 5.41) is 6.04. The van der Waals surface area contributed by atoms with Gasteiger partial charge in [-0.05, 0) is 29.8 Å². The van der Waals surface area contributed by atoms with Gasteiger partial charge in [-0.3, -0.25) is 0 Å². The van der Waals surface area contributed by atoms with E-state index in [1.165, 1.54) is 0 Å². The molecule has 0 amide bonds. The molecule has 0 radical (unpaired) electrons. The van der Waals surface area contributed by atoms with E-state index < -0.39 is 0 Å². The molecule has 0 unspecified atom stereocenters. The van der Waals surface area contributed by atoms with Gasteiger partial charge >= 0.3 is 0 Å². The normalized spacial score (nSPS) is 17.1. The number of nitrogens with one attached hydrogen (secondary N) is 1. The number of nitrogen functional groups attached to an aromatic ring is 1. The van der Waals surface area contributed by atoms with Gasteiger partial charge in [-0.25, -0.2) is 4.98 Å². The summed E-state index contributed by atoms with van der Waals surface area (Å²) in [4.78, 5) is 4.49. The lowest BCUT2D eigenvalue weighted by molar-refractivity contribution is 0.619. The fourth-order valence-corrected chi connectivity index (χ4v) is 3.15. The summed E-state index contributed by atoms with van der Waals surface area (Å²) in [6, 6.07) is 17.8. The predicted molar refractivity (Wildman–Crippen MR) is 94.6 cm³/mol. The van der Waals surface area contributed by atoms with E-state index in [4.69, 9.17) is 17.3 Å². The Morgan fingerprint density at radius 2 is 1.96 bits per heavy atom. The molecule has 0 fully saturated rings. The Hall–Kier alpha value is -2.59. The van der Waals surface area contributed by atoms with Crippen LogP contribution in [0.15, 0.2) is 59.7 Å². The number of nitrogens with zero attached hydrogens (tertiary/aromatic N) is 2. The molecule has 0 spiro atoms. The van der Waals surface area contributed by atoms with E-state index in [1.807, 2.05) is 48.5 Å². The van der Waals surface area contributed by atoms with Crippen molar-refractivity contribution in [2.45, 2.75) is 12.5 Å². The Morgan fingerprint density at radius 1 is 1.09 bits per heavy atom. The van der Waals surface area contributed by atoms with Crippen LogP contribution >= 0.6 is 11.6 Å². The Bertz CT molecular complexity index is 920. The van der Waals surface area contributed by atoms with Gasteiger partial charge in [0.1, 0.15) is 5.15 Å². The second-order valence-corrected chi connectivity index (χ2v) is 5.99. The maximum atomic E-state index is 6.38. The van der Waals surface area contributed by atoms with Gasteiger partial charge in [-0.1, -0.05) is 41.9 Å². The molecule has 114 valence electrons. The zero-order valence-electron chi connectivity index (χ0n) is 12.3. The van der Waals surface area contributed by atoms with E-state index >= 15 is 0 Å². The number of para-hydroxylation sites is 1. The monoisotopic (exact) mass is 322 g/mol. The van der Waals surface area contributed by atoms with Crippen molar-refractivity contribution in [2.24, 2.45) is 5.10 Å². The third-order valence-corrected chi connectivity index (χ3v) is 4.36. The number of aromatic nitrogens is 1. The highest BCUT2D eigenvalue weighted by Gasteiger charge is 2.24. The number of hydrazone groups is 1. The molecule has 4 rings (SSSR count). The number of anilines is 1. The average molecular weight is 323 g/mol. The largest absolute Gasteiger partial charge is 0.399 e. The van der Waals surface area contributed by atoms with Crippen molar-refractivity contribution in [2.75, 3.05) is 5.73 Å². The lowest BCUT2D eigenvalue weighted by Crippen LogP contribution is -2.11. The molecular formula is C18H15ClN4. The molecule has 3 N–H and O–H groups in total. The van der Waals surface area contributed by atoms with Gasteiger partial charge in [0.05, 0.1) is 17.3 Å². The highest BCUT2D eigenvalue weighted by molar-refractivity contribution is 6.30. The first-order valence-corrected chi connectivity index (χ1v) is 7.82. The minimum atomic E-state index is 0.0241. The quantitative estimate of drug-likeness (QED) is 0.555. The summed E-state index contributed by atoms with van der Waals surface area (Å²) < 4.78 is 0. The first kappa shape index (κ1) is 14.0. The van der Waals surface area contributed by atoms with Crippen LogP contribution < -0.4 is 11.2 Å². The summed E-state index contributed by atoms with van der Waals surface area (Å²) in [6.07, 6.45) is 0.753. The zero-order chi connectivity index (χ0) is 15.8. The first-order valence-electron chi connectivity index (χ1n) is 7.44. The van der Waals surface area contributed by atoms with Crippen molar-refractivity contribution >= 4 is 33.9 Å². The topological polar surface area (TPSA) is 63.3 Å². The number of rotatable bonds is 2. The predicted octanol–water partition coefficient (Wildman–Crippen LogP) is 3.91. The Labute approximate surface area is 139 Å². The lowest BCUT2D eigenvalue weighted by atomic mass is 9.99. The highest BCUT2D eigenvalue weighted by Crippen LogP contribution is 2.31. The molecule has 1 aromatic heterocycles. The number of nitrogens with two attached hydrogens (primary N) is 1. The molecule has 1 aliphatic heterocycles. The van der Waals surface area contributed by atoms with E-state index in [9.17, 15) is 0 Å². The van der Waals surface area contributed by atoms with E-state index in [0.29, 0.717) is 5.15 Å². The fraction of sp³-hybridized carbons (Fsp3) is 0.111. The SMILES string of the molecule is Nc1cccc(C2=NN[C@@H](c3cc4ccccc4nc3Cl)C2)c1. The molecule has 4 nitrogen and oxygen atoms in total. The molecule has 0 aliphatic carbocycles. The molecule has 1 aliphatic rings. The van der Waals surface area contributed by atoms with E-state index in [0.717, 1.165) is 39.8 Å². The second kappa shape index (κ2) is 5.56. The van der Waals surface area contributed by atoms with Crippen LogP contribution in [0, 0.1) is 0 Å². The van der Waals surface area contributed by atoms with Crippen molar-refractivity contribution in [3.05, 3.63) is 70.9 Å². The Balaban J connectivity index is 1.65. The molecule has 23 heavy (non-hydrogen) atoms. The van der Waals surface area contributed by atoms with Gasteiger partial charge in [0, 0.05) is 23.1 Å². The summed E-state index contributed by atoms with van der Waals surface area (Å²) in [5.74, 6) is 0. The second-order valence-electron chi connectivity index (χ2n) is 5.63. The van der Waals surface area contributed by atoms with Crippen LogP contribution in [0.4, 0.5) is 5.69 Å². The van der Waals surface area contributed by atoms with Crippen molar-refractivity contribution in [1.29, 1.82) is 0 Å². The highest BCUT2D eigenvalue weighted by atomic mass is 35.5. The number of halogens is 1. The van der Waals surface area contributed by atoms with Gasteiger partial charge in [0.25, 0.3) is 0 Å². The summed E-state index contributed by atoms with van der Waals surface area (Å²) in [7, 11) is 0. The standard InChI is InChI=1S/C18H15ClN4/c19-18-14(9-12-4-1-2-7-15(12)21-18)17-10-16(22-23-17)11-5-3-6-13(20)8-11/h1-9,17,23H,10,20H2/t17-/m1/s1. The average Bonchev–Trinajstić information content (AvgIpc) is 3.04. The summed E-state index contributed by atoms with van der Waals surface area (Å²) in [6.45, 7) is 0. The van der Waals surface area contributed by atoms with Gasteiger partial charge in [-0.15, -0.1) is 0 Å². The molecular weight excluding hydrogens is 308 g/mol. The van der Waals surface area contributed by atoms with Crippen LogP contribution in [-0.2, 0) is 0 Å². The summed E-state index contributed by atoms with van der Waals surface area (Å²) in [5.41, 5.74) is 13.6. The molecule has 2 aromatic carbocycles. The Morgan fingerprint density at radius 3 is 2.83 bits per heavy atom. The fourth-order valence-electron chi connectivity index (χ4n) is 2.87. The van der Waals surface area contributed by atoms with Crippen LogP contribution in [0.2, 0.25) is 5.15 Å². The van der Waals surface area contributed by atoms with Gasteiger partial charge in [-0.2, -0.15) is 5.10 Å². The van der Waals surface area contributed by atoms with Crippen LogP contribution in [0.25, 0.3) is 10.9 Å². The summed E-state index contributed by atoms with van der Waals surface area (Å²) >= 11 is 6.38. The van der Waals surface area contributed by atoms with Crippen molar-refractivity contribution in [3.8, 4) is 0 Å². The van der Waals surface area contributed by atoms with Crippen molar-refractivity contribution in [1.82, 2.24) is 10.4 Å². The number of fused-ring (bicyclic) bond motifs is 1. The molecule has 0 saturated heterocycles.